The molecule has 3 rings (SSSR count). The van der Waals surface area contributed by atoms with Gasteiger partial charge < -0.3 is 55.3 Å². The Morgan fingerprint density at radius 2 is 1.47 bits per heavy atom. The average Bonchev–Trinajstić information content (AvgIpc) is 3.88. The minimum atomic E-state index is -1.75. The Balaban J connectivity index is 2.31. The number of nitrogens with one attached hydrogen (secondary N) is 4. The van der Waals surface area contributed by atoms with Crippen molar-refractivity contribution in [3.63, 3.8) is 0 Å². The molecule has 0 aromatic heterocycles. The first-order valence-electron chi connectivity index (χ1n) is 28.2. The van der Waals surface area contributed by atoms with Crippen LogP contribution in [0.5, 0.6) is 5.75 Å². The number of nitrogens with zero attached hydrogens (tertiary/aromatic N) is 3. The number of hydrogen-bond donors (Lipinski definition) is 5. The van der Waals surface area contributed by atoms with E-state index in [1.165, 1.54) is 49.8 Å². The van der Waals surface area contributed by atoms with Gasteiger partial charge >= 0.3 is 11.9 Å². The van der Waals surface area contributed by atoms with Crippen LogP contribution in [0, 0.1) is 41.4 Å². The smallest absolute Gasteiger partial charge is 0.329 e. The van der Waals surface area contributed by atoms with Crippen LogP contribution in [0.4, 0.5) is 0 Å². The van der Waals surface area contributed by atoms with Crippen molar-refractivity contribution in [1.29, 1.82) is 0 Å². The van der Waals surface area contributed by atoms with Crippen LogP contribution >= 0.6 is 0 Å². The highest BCUT2D eigenvalue weighted by molar-refractivity contribution is 6.05. The fraction of sp³-hybridized carbons (Fsp3) is 0.724. The van der Waals surface area contributed by atoms with Gasteiger partial charge in [-0.05, 0) is 86.8 Å². The largest absolute Gasteiger partial charge is 0.497 e. The summed E-state index contributed by atoms with van der Waals surface area (Å²) in [6.45, 7) is 23.9. The number of carbonyl (C=O) groups excluding carboxylic acids is 10. The summed E-state index contributed by atoms with van der Waals surface area (Å²) in [4.78, 5) is 147. The van der Waals surface area contributed by atoms with Crippen LogP contribution in [0.1, 0.15) is 141 Å². The zero-order chi connectivity index (χ0) is 59.9. The zero-order valence-electron chi connectivity index (χ0n) is 49.9. The SMILES string of the molecule is CC[C@H](C)[C@H]1NC(=O)[C@@H](NC(=O)[C@@H](CC(C)C)N(C)C(=O)C(NC(=O)C(C)C)C(C)C)[C@H](C)OC(=O)[C@H](Cc2ccc(OC)cc2)N(C)C(=O)[C@@H]2CCCN2C(=O)[C@@H](CC(C)C)NC(=O)[C@@H](C)C(=O)[C@@H](C(C)C)OC(=O)C[C@H]1O. The van der Waals surface area contributed by atoms with Gasteiger partial charge in [-0.15, -0.1) is 0 Å². The highest BCUT2D eigenvalue weighted by Crippen LogP contribution is 2.26. The molecule has 1 aromatic carbocycles. The monoisotopic (exact) mass is 1110 g/mol. The predicted octanol–water partition coefficient (Wildman–Crippen LogP) is 3.74. The fourth-order valence-electron chi connectivity index (χ4n) is 9.81. The Hall–Kier alpha value is -6.12. The van der Waals surface area contributed by atoms with E-state index in [1.807, 2.05) is 27.7 Å². The number of ether oxygens (including phenoxy) is 3. The van der Waals surface area contributed by atoms with Crippen molar-refractivity contribution in [3.8, 4) is 5.75 Å². The Morgan fingerprint density at radius 1 is 0.848 bits per heavy atom. The molecule has 2 heterocycles. The number of ketones is 1. The molecule has 7 amide bonds. The van der Waals surface area contributed by atoms with E-state index in [1.54, 1.807) is 79.7 Å². The first-order valence-corrected chi connectivity index (χ1v) is 28.2. The summed E-state index contributed by atoms with van der Waals surface area (Å²) in [6.07, 6.45) is -4.27. The second-order valence-electron chi connectivity index (χ2n) is 23.5. The van der Waals surface area contributed by atoms with Crippen molar-refractivity contribution in [3.05, 3.63) is 29.8 Å². The highest BCUT2D eigenvalue weighted by Gasteiger charge is 2.45. The maximum Gasteiger partial charge on any atom is 0.329 e. The molecule has 21 nitrogen and oxygen atoms in total. The van der Waals surface area contributed by atoms with Crippen molar-refractivity contribution in [2.45, 2.75) is 202 Å². The second-order valence-corrected chi connectivity index (χ2v) is 23.5. The third-order valence-electron chi connectivity index (χ3n) is 15.1. The number of fused-ring (bicyclic) bond motifs is 1. The Bertz CT molecular complexity index is 2290. The van der Waals surface area contributed by atoms with Crippen LogP contribution < -0.4 is 26.0 Å². The number of rotatable bonds is 17. The summed E-state index contributed by atoms with van der Waals surface area (Å²) >= 11 is 0. The minimum absolute atomic E-state index is 0.0917. The van der Waals surface area contributed by atoms with Crippen molar-refractivity contribution in [2.75, 3.05) is 27.7 Å². The van der Waals surface area contributed by atoms with E-state index in [2.05, 4.69) is 21.3 Å². The van der Waals surface area contributed by atoms with Crippen molar-refractivity contribution >= 4 is 59.1 Å². The molecule has 0 radical (unpaired) electrons. The molecule has 0 aliphatic carbocycles. The lowest BCUT2D eigenvalue weighted by molar-refractivity contribution is -0.163. The molecule has 2 saturated heterocycles. The molecule has 21 heteroatoms. The van der Waals surface area contributed by atoms with Crippen LogP contribution in [0.15, 0.2) is 24.3 Å². The summed E-state index contributed by atoms with van der Waals surface area (Å²) in [6, 6.07) is -2.13. The molecule has 12 atom stereocenters. The van der Waals surface area contributed by atoms with Crippen LogP contribution in [0.3, 0.4) is 0 Å². The third kappa shape index (κ3) is 18.5. The van der Waals surface area contributed by atoms with Gasteiger partial charge in [0.25, 0.3) is 0 Å². The number of methoxy groups -OCH3 is 1. The predicted molar refractivity (Wildman–Crippen MR) is 295 cm³/mol. The van der Waals surface area contributed by atoms with E-state index in [-0.39, 0.29) is 50.0 Å². The lowest BCUT2D eigenvalue weighted by Crippen LogP contribution is -2.62. The standard InChI is InChI=1S/C58H93N7O14/c1-18-35(12)47-44(66)29-45(67)79-50(33(8)9)49(68)36(13)52(70)59-40(26-30(2)3)55(73)65-25-19-20-41(65)56(74)64(16)43(28-38-21-23-39(77-17)24-22-38)58(76)78-37(14)48(54(72)61-47)62-53(71)42(27-31(4)5)63(15)57(75)46(32(6)7)60-51(69)34(10)11/h21-24,30-37,40-44,46-48,50,66H,18-20,25-29H2,1-17H3,(H,59,70)(H,60,69)(H,61,72)(H,62,71)/t35-,36-,37-,40+,41-,42+,43-,44+,46?,47+,48-,50+/m0/s1. The van der Waals surface area contributed by atoms with Crippen LogP contribution in [-0.4, -0.2) is 167 Å². The normalized spacial score (nSPS) is 25.8. The average molecular weight is 1110 g/mol. The molecule has 1 aromatic rings. The van der Waals surface area contributed by atoms with Crippen molar-refractivity contribution in [2.24, 2.45) is 41.4 Å². The molecule has 0 bridgehead atoms. The number of Topliss-reactive ketones (excluding diaryl/α,β-unsaturated/α-hetero) is 1. The van der Waals surface area contributed by atoms with Crippen molar-refractivity contribution < 1.29 is 67.3 Å². The molecule has 2 fully saturated rings. The van der Waals surface area contributed by atoms with E-state index in [4.69, 9.17) is 14.2 Å². The molecular weight excluding hydrogens is 1020 g/mol. The van der Waals surface area contributed by atoms with Gasteiger partial charge in [0.05, 0.1) is 31.6 Å². The second kappa shape index (κ2) is 30.5. The number of esters is 2. The van der Waals surface area contributed by atoms with E-state index in [9.17, 15) is 48.3 Å². The van der Waals surface area contributed by atoms with Gasteiger partial charge in [-0.3, -0.25) is 43.2 Å². The lowest BCUT2D eigenvalue weighted by atomic mass is 9.91. The van der Waals surface area contributed by atoms with Gasteiger partial charge in [0.1, 0.15) is 48.1 Å². The number of cyclic esters (lactones) is 2. The van der Waals surface area contributed by atoms with Gasteiger partial charge in [-0.2, -0.15) is 0 Å². The van der Waals surface area contributed by atoms with Gasteiger partial charge in [0.2, 0.25) is 41.4 Å². The van der Waals surface area contributed by atoms with Crippen LogP contribution in [0.2, 0.25) is 0 Å². The van der Waals surface area contributed by atoms with E-state index >= 15 is 4.79 Å². The third-order valence-corrected chi connectivity index (χ3v) is 15.1. The van der Waals surface area contributed by atoms with Gasteiger partial charge in [0, 0.05) is 33.0 Å². The molecule has 79 heavy (non-hydrogen) atoms. The topological polar surface area (TPSA) is 276 Å². The lowest BCUT2D eigenvalue weighted by Gasteiger charge is -2.36. The molecular formula is C58H93N7O14. The van der Waals surface area contributed by atoms with Gasteiger partial charge in [0.15, 0.2) is 11.9 Å². The summed E-state index contributed by atoms with van der Waals surface area (Å²) in [5, 5.41) is 22.9. The number of amides is 7. The number of carbonyl (C=O) groups is 10. The van der Waals surface area contributed by atoms with E-state index in [0.29, 0.717) is 24.2 Å². The Morgan fingerprint density at radius 3 is 2.00 bits per heavy atom. The minimum Gasteiger partial charge on any atom is -0.497 e. The number of benzene rings is 1. The molecule has 2 aliphatic rings. The maximum absolute atomic E-state index is 15.0. The van der Waals surface area contributed by atoms with Gasteiger partial charge in [-0.1, -0.05) is 102 Å². The summed E-state index contributed by atoms with van der Waals surface area (Å²) < 4.78 is 17.3. The quantitative estimate of drug-likeness (QED) is 0.110. The molecule has 444 valence electrons. The maximum atomic E-state index is 15.0. The number of likely N-dealkylation sites (N-methyl/N-ethyl adjacent to an activating group) is 2. The summed E-state index contributed by atoms with van der Waals surface area (Å²) in [5.74, 6) is -10.7. The number of aliphatic hydroxyl groups excluding tert-OH is 1. The Kier molecular flexibility index (Phi) is 25.9. The zero-order valence-corrected chi connectivity index (χ0v) is 49.9. The molecule has 0 saturated carbocycles. The number of aliphatic hydroxyl groups is 1. The van der Waals surface area contributed by atoms with Crippen LogP contribution in [0.25, 0.3) is 0 Å². The molecule has 5 N–H and O–H groups in total. The number of hydrogen-bond acceptors (Lipinski definition) is 14. The molecule has 0 spiro atoms. The molecule has 1 unspecified atom stereocenters. The first kappa shape index (κ1) is 67.2. The van der Waals surface area contributed by atoms with Gasteiger partial charge in [-0.25, -0.2) is 4.79 Å². The Labute approximate surface area is 468 Å². The highest BCUT2D eigenvalue weighted by atomic mass is 16.6. The van der Waals surface area contributed by atoms with E-state index in [0.717, 1.165) is 0 Å². The summed E-state index contributed by atoms with van der Waals surface area (Å²) in [5.41, 5.74) is 0.579. The van der Waals surface area contributed by atoms with Crippen molar-refractivity contribution in [1.82, 2.24) is 36.0 Å². The summed E-state index contributed by atoms with van der Waals surface area (Å²) in [7, 11) is 4.33. The van der Waals surface area contributed by atoms with Crippen LogP contribution in [-0.2, 0) is 63.8 Å². The van der Waals surface area contributed by atoms with E-state index < -0.39 is 150 Å². The first-order chi connectivity index (χ1) is 36.9. The fourth-order valence-corrected chi connectivity index (χ4v) is 9.81. The molecule has 2 aliphatic heterocycles.